The van der Waals surface area contributed by atoms with Crippen molar-refractivity contribution in [2.24, 2.45) is 0 Å². The predicted molar refractivity (Wildman–Crippen MR) is 101 cm³/mol. The predicted octanol–water partition coefficient (Wildman–Crippen LogP) is 1.52. The number of amides is 2. The van der Waals surface area contributed by atoms with Crippen LogP contribution >= 0.6 is 0 Å². The van der Waals surface area contributed by atoms with E-state index in [1.807, 2.05) is 0 Å². The van der Waals surface area contributed by atoms with Crippen LogP contribution in [0.25, 0.3) is 0 Å². The van der Waals surface area contributed by atoms with Crippen LogP contribution in [0.4, 0.5) is 0 Å². The molecule has 2 aliphatic carbocycles. The Labute approximate surface area is 165 Å². The number of hydrogen-bond donors (Lipinski definition) is 2. The monoisotopic (exact) mass is 394 g/mol. The summed E-state index contributed by atoms with van der Waals surface area (Å²) in [7, 11) is 0. The maximum absolute atomic E-state index is 12.0. The van der Waals surface area contributed by atoms with E-state index in [2.05, 4.69) is 10.6 Å². The average Bonchev–Trinajstić information content (AvgIpc) is 3.33. The number of nitrogens with one attached hydrogen (secondary N) is 2. The molecule has 2 N–H and O–H groups in total. The van der Waals surface area contributed by atoms with Crippen molar-refractivity contribution in [2.75, 3.05) is 0 Å². The highest BCUT2D eigenvalue weighted by Gasteiger charge is 2.24. The van der Waals surface area contributed by atoms with Gasteiger partial charge >= 0.3 is 11.9 Å². The summed E-state index contributed by atoms with van der Waals surface area (Å²) in [6.45, 7) is 2.95. The Morgan fingerprint density at radius 2 is 1.04 bits per heavy atom. The second kappa shape index (κ2) is 10.8. The van der Waals surface area contributed by atoms with Gasteiger partial charge < -0.3 is 20.1 Å². The molecule has 28 heavy (non-hydrogen) atoms. The average molecular weight is 394 g/mol. The summed E-state index contributed by atoms with van der Waals surface area (Å²) in [5, 5.41) is 5.68. The van der Waals surface area contributed by atoms with Crippen molar-refractivity contribution in [2.45, 2.75) is 89.5 Å². The van der Waals surface area contributed by atoms with Gasteiger partial charge in [0.25, 0.3) is 11.8 Å². The van der Waals surface area contributed by atoms with Crippen molar-refractivity contribution >= 4 is 23.8 Å². The summed E-state index contributed by atoms with van der Waals surface area (Å²) < 4.78 is 9.98. The van der Waals surface area contributed by atoms with E-state index in [-0.39, 0.29) is 23.9 Å². The molecule has 156 valence electrons. The Kier molecular flexibility index (Phi) is 8.47. The number of carbonyl (C=O) groups excluding carboxylic acids is 4. The highest BCUT2D eigenvalue weighted by atomic mass is 16.6. The molecule has 2 saturated carbocycles. The molecule has 0 unspecified atom stereocenters. The zero-order chi connectivity index (χ0) is 20.5. The van der Waals surface area contributed by atoms with Gasteiger partial charge in [0.05, 0.1) is 0 Å². The van der Waals surface area contributed by atoms with Crippen LogP contribution in [0.15, 0.2) is 12.2 Å². The van der Waals surface area contributed by atoms with Crippen molar-refractivity contribution in [1.82, 2.24) is 10.6 Å². The Bertz CT molecular complexity index is 554. The molecule has 2 amide bonds. The van der Waals surface area contributed by atoms with Crippen molar-refractivity contribution < 1.29 is 28.7 Å². The van der Waals surface area contributed by atoms with Gasteiger partial charge in [0.15, 0.2) is 12.2 Å². The van der Waals surface area contributed by atoms with Crippen molar-refractivity contribution in [3.63, 3.8) is 0 Å². The first-order valence-electron chi connectivity index (χ1n) is 10.0. The van der Waals surface area contributed by atoms with Crippen LogP contribution in [0, 0.1) is 0 Å². The number of esters is 2. The maximum atomic E-state index is 12.0. The van der Waals surface area contributed by atoms with E-state index in [0.717, 1.165) is 63.5 Å². The molecule has 0 spiro atoms. The molecular weight excluding hydrogens is 364 g/mol. The minimum absolute atomic E-state index is 0.135. The first-order chi connectivity index (χ1) is 13.3. The molecule has 0 heterocycles. The molecular formula is C20H30N2O6. The maximum Gasteiger partial charge on any atom is 0.331 e. The summed E-state index contributed by atoms with van der Waals surface area (Å²) in [5.74, 6) is -2.36. The van der Waals surface area contributed by atoms with Crippen LogP contribution in [-0.4, -0.2) is 48.0 Å². The Morgan fingerprint density at radius 3 is 1.36 bits per heavy atom. The largest absolute Gasteiger partial charge is 0.449 e. The lowest BCUT2D eigenvalue weighted by Gasteiger charge is -2.17. The fourth-order valence-corrected chi connectivity index (χ4v) is 3.45. The smallest absolute Gasteiger partial charge is 0.331 e. The van der Waals surface area contributed by atoms with Gasteiger partial charge in [-0.2, -0.15) is 0 Å². The molecule has 8 nitrogen and oxygen atoms in total. The Balaban J connectivity index is 1.68. The molecule has 0 aromatic heterocycles. The van der Waals surface area contributed by atoms with Gasteiger partial charge in [-0.3, -0.25) is 9.59 Å². The SMILES string of the molecule is C[C@H](OC(=O)/C=C/C(=O)O[C@H](C)C(=O)NC1CCCC1)C(=O)NC1CCCC1. The molecule has 8 heteroatoms. The Hall–Kier alpha value is -2.38. The van der Waals surface area contributed by atoms with E-state index in [9.17, 15) is 19.2 Å². The number of ether oxygens (including phenoxy) is 2. The molecule has 2 fully saturated rings. The van der Waals surface area contributed by atoms with Crippen LogP contribution in [-0.2, 0) is 28.7 Å². The van der Waals surface area contributed by atoms with E-state index in [4.69, 9.17) is 9.47 Å². The van der Waals surface area contributed by atoms with E-state index in [1.54, 1.807) is 0 Å². The first kappa shape index (κ1) is 21.9. The molecule has 2 aliphatic rings. The van der Waals surface area contributed by atoms with Gasteiger partial charge in [-0.05, 0) is 39.5 Å². The van der Waals surface area contributed by atoms with Crippen molar-refractivity contribution in [3.8, 4) is 0 Å². The lowest BCUT2D eigenvalue weighted by Crippen LogP contribution is -2.41. The number of hydrogen-bond acceptors (Lipinski definition) is 6. The third kappa shape index (κ3) is 7.32. The quantitative estimate of drug-likeness (QED) is 0.477. The van der Waals surface area contributed by atoms with Gasteiger partial charge in [-0.25, -0.2) is 9.59 Å². The van der Waals surface area contributed by atoms with Crippen LogP contribution in [0.5, 0.6) is 0 Å². The molecule has 0 bridgehead atoms. The first-order valence-corrected chi connectivity index (χ1v) is 10.0. The summed E-state index contributed by atoms with van der Waals surface area (Å²) in [6.07, 6.45) is 7.95. The summed E-state index contributed by atoms with van der Waals surface area (Å²) in [6, 6.07) is 0.270. The third-order valence-electron chi connectivity index (χ3n) is 5.08. The van der Waals surface area contributed by atoms with Crippen LogP contribution in [0.1, 0.15) is 65.2 Å². The molecule has 0 saturated heterocycles. The molecule has 0 radical (unpaired) electrons. The molecule has 0 aromatic carbocycles. The molecule has 2 atom stereocenters. The zero-order valence-electron chi connectivity index (χ0n) is 16.6. The van der Waals surface area contributed by atoms with Gasteiger partial charge in [0.1, 0.15) is 0 Å². The van der Waals surface area contributed by atoms with Crippen LogP contribution < -0.4 is 10.6 Å². The molecule has 0 aromatic rings. The van der Waals surface area contributed by atoms with Gasteiger partial charge in [0, 0.05) is 24.2 Å². The number of rotatable bonds is 8. The fraction of sp³-hybridized carbons (Fsp3) is 0.700. The van der Waals surface area contributed by atoms with Crippen LogP contribution in [0.2, 0.25) is 0 Å². The van der Waals surface area contributed by atoms with Gasteiger partial charge in [-0.1, -0.05) is 25.7 Å². The molecule has 0 aliphatic heterocycles. The Morgan fingerprint density at radius 1 is 0.714 bits per heavy atom. The lowest BCUT2D eigenvalue weighted by atomic mass is 10.2. The van der Waals surface area contributed by atoms with Crippen molar-refractivity contribution in [3.05, 3.63) is 12.2 Å². The minimum atomic E-state index is -0.954. The van der Waals surface area contributed by atoms with E-state index < -0.39 is 24.1 Å². The lowest BCUT2D eigenvalue weighted by molar-refractivity contribution is -0.152. The highest BCUT2D eigenvalue weighted by Crippen LogP contribution is 2.18. The summed E-state index contributed by atoms with van der Waals surface area (Å²) in [4.78, 5) is 47.5. The standard InChI is InChI=1S/C20H30N2O6/c1-13(19(25)21-15-7-3-4-8-15)27-17(23)11-12-18(24)28-14(2)20(26)22-16-9-5-6-10-16/h11-16H,3-10H2,1-2H3,(H,21,25)(H,22,26)/b12-11+/t13-,14+. The number of carbonyl (C=O) groups is 4. The van der Waals surface area contributed by atoms with E-state index in [1.165, 1.54) is 13.8 Å². The van der Waals surface area contributed by atoms with E-state index in [0.29, 0.717) is 0 Å². The molecule has 2 rings (SSSR count). The zero-order valence-corrected chi connectivity index (χ0v) is 16.6. The van der Waals surface area contributed by atoms with Crippen molar-refractivity contribution in [1.29, 1.82) is 0 Å². The van der Waals surface area contributed by atoms with Gasteiger partial charge in [-0.15, -0.1) is 0 Å². The van der Waals surface area contributed by atoms with E-state index >= 15 is 0 Å². The highest BCUT2D eigenvalue weighted by molar-refractivity contribution is 5.94. The normalized spacial score (nSPS) is 19.9. The second-order valence-corrected chi connectivity index (χ2v) is 7.47. The van der Waals surface area contributed by atoms with Gasteiger partial charge in [0.2, 0.25) is 0 Å². The summed E-state index contributed by atoms with van der Waals surface area (Å²) >= 11 is 0. The third-order valence-corrected chi connectivity index (χ3v) is 5.08. The summed E-state index contributed by atoms with van der Waals surface area (Å²) in [5.41, 5.74) is 0. The topological polar surface area (TPSA) is 111 Å². The second-order valence-electron chi connectivity index (χ2n) is 7.47. The minimum Gasteiger partial charge on any atom is -0.449 e. The van der Waals surface area contributed by atoms with Crippen LogP contribution in [0.3, 0.4) is 0 Å². The fourth-order valence-electron chi connectivity index (χ4n) is 3.45.